The first-order valence-corrected chi connectivity index (χ1v) is 11.4. The van der Waals surface area contributed by atoms with Crippen molar-refractivity contribution in [1.29, 1.82) is 0 Å². The number of amides is 2. The maximum Gasteiger partial charge on any atom is 0.410 e. The van der Waals surface area contributed by atoms with Gasteiger partial charge in [-0.15, -0.1) is 5.10 Å². The molecule has 3 heterocycles. The van der Waals surface area contributed by atoms with Gasteiger partial charge in [-0.25, -0.2) is 9.48 Å². The van der Waals surface area contributed by atoms with Crippen LogP contribution in [-0.2, 0) is 16.0 Å². The molecule has 1 aromatic heterocycles. The first-order chi connectivity index (χ1) is 15.3. The van der Waals surface area contributed by atoms with Crippen LogP contribution >= 0.6 is 0 Å². The second-order valence-corrected chi connectivity index (χ2v) is 9.83. The van der Waals surface area contributed by atoms with Crippen LogP contribution in [-0.4, -0.2) is 52.0 Å². The molecule has 0 unspecified atom stereocenters. The fourth-order valence-corrected chi connectivity index (χ4v) is 4.65. The van der Waals surface area contributed by atoms with Crippen LogP contribution in [0.5, 0.6) is 5.88 Å². The van der Waals surface area contributed by atoms with Crippen LogP contribution in [0.3, 0.4) is 0 Å². The number of hydrogen-bond acceptors (Lipinski definition) is 5. The lowest BCUT2D eigenvalue weighted by molar-refractivity contribution is -0.123. The average Bonchev–Trinajstić information content (AvgIpc) is 3.06. The Kier molecular flexibility index (Phi) is 5.10. The van der Waals surface area contributed by atoms with E-state index in [1.807, 2.05) is 25.5 Å². The van der Waals surface area contributed by atoms with Gasteiger partial charge in [-0.2, -0.15) is 0 Å². The molecule has 5 rings (SSSR count). The van der Waals surface area contributed by atoms with Crippen molar-refractivity contribution in [2.75, 3.05) is 19.7 Å². The van der Waals surface area contributed by atoms with Crippen molar-refractivity contribution in [3.63, 3.8) is 0 Å². The molecule has 0 spiro atoms. The second kappa shape index (κ2) is 7.83. The van der Waals surface area contributed by atoms with Gasteiger partial charge in [0.05, 0.1) is 23.0 Å². The normalized spacial score (nSPS) is 20.9. The predicted molar refractivity (Wildman–Crippen MR) is 118 cm³/mol. The Bertz CT molecular complexity index is 1030. The smallest absolute Gasteiger partial charge is 0.410 e. The Balaban J connectivity index is 1.51. The van der Waals surface area contributed by atoms with E-state index in [0.717, 1.165) is 16.9 Å². The van der Waals surface area contributed by atoms with E-state index >= 15 is 0 Å². The van der Waals surface area contributed by atoms with E-state index in [1.54, 1.807) is 4.90 Å². The van der Waals surface area contributed by atoms with Crippen LogP contribution in [0.15, 0.2) is 24.3 Å². The third kappa shape index (κ3) is 3.82. The highest BCUT2D eigenvalue weighted by atomic mass is 16.6. The molecule has 1 atom stereocenters. The van der Waals surface area contributed by atoms with Gasteiger partial charge < -0.3 is 14.8 Å². The van der Waals surface area contributed by atoms with Crippen LogP contribution in [0.4, 0.5) is 4.79 Å². The molecule has 1 aliphatic carbocycles. The molecule has 1 aromatic carbocycles. The summed E-state index contributed by atoms with van der Waals surface area (Å²) < 4.78 is 13.3. The summed E-state index contributed by atoms with van der Waals surface area (Å²) in [7, 11) is 0. The summed E-state index contributed by atoms with van der Waals surface area (Å²) in [6.07, 6.45) is 4.06. The standard InChI is InChI=1S/C24H30N4O4/c1-24(2,3)32-23(30)27-12-11-18-21-19(27)13-25-20(29)14-31-22(21)26-28(18)17-9-7-16(8-10-17)15-5-4-6-15/h7-10,15,19H,4-6,11-14H2,1-3H3,(H,25,29)/t19-/m0/s1. The van der Waals surface area contributed by atoms with Crippen molar-refractivity contribution >= 4 is 12.0 Å². The molecule has 1 N–H and O–H groups in total. The van der Waals surface area contributed by atoms with Gasteiger partial charge in [-0.1, -0.05) is 18.6 Å². The third-order valence-electron chi connectivity index (χ3n) is 6.46. The van der Waals surface area contributed by atoms with Gasteiger partial charge in [0.15, 0.2) is 6.61 Å². The van der Waals surface area contributed by atoms with Crippen molar-refractivity contribution < 1.29 is 19.1 Å². The molecule has 8 nitrogen and oxygen atoms in total. The maximum absolute atomic E-state index is 12.9. The largest absolute Gasteiger partial charge is 0.466 e. The summed E-state index contributed by atoms with van der Waals surface area (Å²) >= 11 is 0. The highest BCUT2D eigenvalue weighted by Gasteiger charge is 2.40. The quantitative estimate of drug-likeness (QED) is 0.776. The molecule has 0 bridgehead atoms. The number of carbonyl (C=O) groups excluding carboxylic acids is 2. The van der Waals surface area contributed by atoms with Crippen molar-refractivity contribution in [3.05, 3.63) is 41.1 Å². The van der Waals surface area contributed by atoms with E-state index in [4.69, 9.17) is 14.6 Å². The van der Waals surface area contributed by atoms with E-state index in [1.165, 1.54) is 24.8 Å². The molecule has 1 fully saturated rings. The van der Waals surface area contributed by atoms with Crippen LogP contribution in [0.2, 0.25) is 0 Å². The zero-order valence-corrected chi connectivity index (χ0v) is 18.9. The lowest BCUT2D eigenvalue weighted by atomic mass is 9.80. The van der Waals surface area contributed by atoms with Gasteiger partial charge in [0.1, 0.15) is 5.60 Å². The van der Waals surface area contributed by atoms with E-state index in [9.17, 15) is 9.59 Å². The Hall–Kier alpha value is -3.03. The molecule has 0 radical (unpaired) electrons. The lowest BCUT2D eigenvalue weighted by Crippen LogP contribution is -2.48. The van der Waals surface area contributed by atoms with Gasteiger partial charge in [0, 0.05) is 19.5 Å². The fraction of sp³-hybridized carbons (Fsp3) is 0.542. The van der Waals surface area contributed by atoms with Crippen molar-refractivity contribution in [2.45, 2.75) is 64.0 Å². The zero-order chi connectivity index (χ0) is 22.5. The topological polar surface area (TPSA) is 85.7 Å². The summed E-state index contributed by atoms with van der Waals surface area (Å²) in [5.41, 5.74) is 3.59. The molecule has 2 amide bonds. The molecular weight excluding hydrogens is 408 g/mol. The minimum absolute atomic E-state index is 0.0940. The van der Waals surface area contributed by atoms with Gasteiger partial charge in [-0.05, 0) is 57.2 Å². The van der Waals surface area contributed by atoms with Crippen LogP contribution in [0.1, 0.15) is 68.8 Å². The molecular formula is C24H30N4O4. The molecule has 0 saturated heterocycles. The first kappa shape index (κ1) is 20.8. The molecule has 2 aliphatic heterocycles. The lowest BCUT2D eigenvalue weighted by Gasteiger charge is -2.37. The van der Waals surface area contributed by atoms with E-state index < -0.39 is 17.7 Å². The Morgan fingerprint density at radius 2 is 1.97 bits per heavy atom. The number of hydrogen-bond donors (Lipinski definition) is 1. The highest BCUT2D eigenvalue weighted by Crippen LogP contribution is 2.40. The van der Waals surface area contributed by atoms with Gasteiger partial charge in [0.25, 0.3) is 5.91 Å². The third-order valence-corrected chi connectivity index (χ3v) is 6.46. The van der Waals surface area contributed by atoms with Gasteiger partial charge in [0.2, 0.25) is 5.88 Å². The number of rotatable bonds is 2. The molecule has 2 aromatic rings. The first-order valence-electron chi connectivity index (χ1n) is 11.4. The average molecular weight is 439 g/mol. The molecule has 32 heavy (non-hydrogen) atoms. The summed E-state index contributed by atoms with van der Waals surface area (Å²) in [6.45, 7) is 6.23. The zero-order valence-electron chi connectivity index (χ0n) is 18.9. The van der Waals surface area contributed by atoms with Crippen LogP contribution < -0.4 is 10.1 Å². The van der Waals surface area contributed by atoms with E-state index in [0.29, 0.717) is 31.3 Å². The number of carbonyl (C=O) groups is 2. The Labute approximate surface area is 187 Å². The highest BCUT2D eigenvalue weighted by molar-refractivity contribution is 5.78. The minimum atomic E-state index is -0.603. The number of nitrogens with zero attached hydrogens (tertiary/aromatic N) is 3. The number of benzene rings is 1. The monoisotopic (exact) mass is 438 g/mol. The molecule has 1 saturated carbocycles. The van der Waals surface area contributed by atoms with Crippen molar-refractivity contribution in [1.82, 2.24) is 20.0 Å². The van der Waals surface area contributed by atoms with Gasteiger partial charge >= 0.3 is 6.09 Å². The second-order valence-electron chi connectivity index (χ2n) is 9.83. The molecule has 3 aliphatic rings. The fourth-order valence-electron chi connectivity index (χ4n) is 4.65. The van der Waals surface area contributed by atoms with Crippen LogP contribution in [0, 0.1) is 0 Å². The van der Waals surface area contributed by atoms with Crippen molar-refractivity contribution in [2.24, 2.45) is 0 Å². The van der Waals surface area contributed by atoms with Gasteiger partial charge in [-0.3, -0.25) is 9.69 Å². The van der Waals surface area contributed by atoms with E-state index in [2.05, 4.69) is 29.6 Å². The Morgan fingerprint density at radius 1 is 1.22 bits per heavy atom. The van der Waals surface area contributed by atoms with Crippen molar-refractivity contribution in [3.8, 4) is 11.6 Å². The summed E-state index contributed by atoms with van der Waals surface area (Å²) in [5, 5.41) is 7.60. The number of ether oxygens (including phenoxy) is 2. The summed E-state index contributed by atoms with van der Waals surface area (Å²) in [6, 6.07) is 8.18. The SMILES string of the molecule is CC(C)(C)OC(=O)N1CCc2c3c(nn2-c2ccc(C4CCC4)cc2)OCC(=O)NC[C@@H]31. The Morgan fingerprint density at radius 3 is 2.62 bits per heavy atom. The molecule has 8 heteroatoms. The molecule has 170 valence electrons. The number of nitrogens with one attached hydrogen (secondary N) is 1. The number of aromatic nitrogens is 2. The summed E-state index contributed by atoms with van der Waals surface area (Å²) in [4.78, 5) is 26.7. The van der Waals surface area contributed by atoms with Crippen LogP contribution in [0.25, 0.3) is 5.69 Å². The van der Waals surface area contributed by atoms with E-state index in [-0.39, 0.29) is 12.5 Å². The maximum atomic E-state index is 12.9. The predicted octanol–water partition coefficient (Wildman–Crippen LogP) is 3.48. The summed E-state index contributed by atoms with van der Waals surface area (Å²) in [5.74, 6) is 0.856. The minimum Gasteiger partial charge on any atom is -0.466 e.